The topological polar surface area (TPSA) is 71.1 Å². The first-order valence-corrected chi connectivity index (χ1v) is 15.0. The first kappa shape index (κ1) is 31.2. The van der Waals surface area contributed by atoms with E-state index >= 15 is 0 Å². The Morgan fingerprint density at radius 1 is 0.523 bits per heavy atom. The van der Waals surface area contributed by atoms with E-state index in [0.717, 1.165) is 56.0 Å². The molecule has 0 bridgehead atoms. The average Bonchev–Trinajstić information content (AvgIpc) is 3.00. The molecule has 4 aromatic rings. The number of ketones is 2. The summed E-state index contributed by atoms with van der Waals surface area (Å²) < 4.78 is 21.9. The van der Waals surface area contributed by atoms with Crippen LogP contribution in [0.5, 0.6) is 11.5 Å². The zero-order valence-corrected chi connectivity index (χ0v) is 26.5. The highest BCUT2D eigenvalue weighted by Gasteiger charge is 2.34. The number of benzene rings is 4. The Morgan fingerprint density at radius 3 is 1.23 bits per heavy atom. The molecule has 1 aliphatic carbocycles. The van der Waals surface area contributed by atoms with E-state index < -0.39 is 0 Å². The monoisotopic (exact) mass is 592 g/mol. The van der Waals surface area contributed by atoms with Crippen molar-refractivity contribution in [2.24, 2.45) is 0 Å². The molecule has 5 rings (SSSR count). The van der Waals surface area contributed by atoms with Gasteiger partial charge in [-0.3, -0.25) is 9.59 Å². The zero-order valence-electron chi connectivity index (χ0n) is 26.5. The Hall–Kier alpha value is -4.26. The van der Waals surface area contributed by atoms with Crippen molar-refractivity contribution in [3.05, 3.63) is 127 Å². The molecule has 0 aromatic heterocycles. The summed E-state index contributed by atoms with van der Waals surface area (Å²) in [6.07, 6.45) is 1.07. The van der Waals surface area contributed by atoms with Crippen LogP contribution in [0.2, 0.25) is 0 Å². The largest absolute Gasteiger partial charge is 0.491 e. The molecule has 0 unspecified atom stereocenters. The second kappa shape index (κ2) is 13.6. The van der Waals surface area contributed by atoms with Crippen LogP contribution in [0.15, 0.2) is 60.7 Å². The molecule has 0 saturated heterocycles. The third-order valence-corrected chi connectivity index (χ3v) is 8.43. The number of rotatable bonds is 12. The smallest absolute Gasteiger partial charge is 0.194 e. The Kier molecular flexibility index (Phi) is 9.62. The van der Waals surface area contributed by atoms with E-state index in [1.54, 1.807) is 26.4 Å². The first-order valence-electron chi connectivity index (χ1n) is 15.0. The Labute approximate surface area is 259 Å². The first-order chi connectivity index (χ1) is 21.2. The van der Waals surface area contributed by atoms with Crippen molar-refractivity contribution >= 4 is 11.6 Å². The van der Waals surface area contributed by atoms with Crippen LogP contribution in [0.25, 0.3) is 0 Å². The van der Waals surface area contributed by atoms with Crippen molar-refractivity contribution in [1.29, 1.82) is 0 Å². The van der Waals surface area contributed by atoms with E-state index in [0.29, 0.717) is 61.5 Å². The van der Waals surface area contributed by atoms with Gasteiger partial charge < -0.3 is 18.9 Å². The van der Waals surface area contributed by atoms with Crippen LogP contribution in [0.4, 0.5) is 0 Å². The summed E-state index contributed by atoms with van der Waals surface area (Å²) in [5, 5.41) is 0. The van der Waals surface area contributed by atoms with Gasteiger partial charge in [0.1, 0.15) is 24.7 Å². The summed E-state index contributed by atoms with van der Waals surface area (Å²) in [4.78, 5) is 28.3. The molecule has 1 aliphatic rings. The van der Waals surface area contributed by atoms with Gasteiger partial charge in [0.25, 0.3) is 0 Å². The third-order valence-electron chi connectivity index (χ3n) is 8.43. The summed E-state index contributed by atoms with van der Waals surface area (Å²) in [6, 6.07) is 19.3. The van der Waals surface area contributed by atoms with Crippen molar-refractivity contribution in [3.63, 3.8) is 0 Å². The van der Waals surface area contributed by atoms with Crippen LogP contribution in [0, 0.1) is 27.7 Å². The standard InChI is InChI=1S/C38H40O6/c1-23-17-29(43-15-13-41-5)18-24(2)33(23)21-27-11-12-28(22-34-25(3)19-30(20-26(34)4)44-16-14-42-6)36-35(27)37(39)31-9-7-8-10-32(31)38(36)40/h7-12,17-20H,13-16,21-22H2,1-6H3. The molecule has 228 valence electrons. The van der Waals surface area contributed by atoms with Crippen molar-refractivity contribution in [2.75, 3.05) is 40.6 Å². The van der Waals surface area contributed by atoms with E-state index in [-0.39, 0.29) is 11.6 Å². The normalized spacial score (nSPS) is 12.2. The van der Waals surface area contributed by atoms with E-state index in [1.165, 1.54) is 0 Å². The van der Waals surface area contributed by atoms with Crippen LogP contribution < -0.4 is 9.47 Å². The highest BCUT2D eigenvalue weighted by atomic mass is 16.5. The molecule has 4 aromatic carbocycles. The zero-order chi connectivity index (χ0) is 31.4. The maximum absolute atomic E-state index is 14.1. The lowest BCUT2D eigenvalue weighted by Gasteiger charge is -2.24. The maximum atomic E-state index is 14.1. The number of hydrogen-bond acceptors (Lipinski definition) is 6. The average molecular weight is 593 g/mol. The fraction of sp³-hybridized carbons (Fsp3) is 0.316. The quantitative estimate of drug-likeness (QED) is 0.146. The number of ether oxygens (including phenoxy) is 4. The Morgan fingerprint density at radius 2 is 0.886 bits per heavy atom. The molecule has 44 heavy (non-hydrogen) atoms. The lowest BCUT2D eigenvalue weighted by atomic mass is 9.77. The SMILES string of the molecule is COCCOc1cc(C)c(Cc2ccc(Cc3c(C)cc(OCCOC)cc3C)c3c2C(=O)c2ccccc2C3=O)c(C)c1. The van der Waals surface area contributed by atoms with E-state index in [2.05, 4.69) is 27.7 Å². The second-order valence-corrected chi connectivity index (χ2v) is 11.4. The molecular formula is C38H40O6. The van der Waals surface area contributed by atoms with Gasteiger partial charge in [-0.2, -0.15) is 0 Å². The minimum atomic E-state index is -0.0998. The molecule has 0 radical (unpaired) electrons. The van der Waals surface area contributed by atoms with E-state index in [9.17, 15) is 9.59 Å². The van der Waals surface area contributed by atoms with Crippen LogP contribution in [0.3, 0.4) is 0 Å². The van der Waals surface area contributed by atoms with Crippen molar-refractivity contribution in [3.8, 4) is 11.5 Å². The lowest BCUT2D eigenvalue weighted by molar-refractivity contribution is 0.0977. The lowest BCUT2D eigenvalue weighted by Crippen LogP contribution is -2.25. The van der Waals surface area contributed by atoms with Gasteiger partial charge in [0, 0.05) is 36.5 Å². The van der Waals surface area contributed by atoms with E-state index in [1.807, 2.05) is 48.5 Å². The Bertz CT molecular complexity index is 1550. The summed E-state index contributed by atoms with van der Waals surface area (Å²) >= 11 is 0. The van der Waals surface area contributed by atoms with Gasteiger partial charge in [0.15, 0.2) is 11.6 Å². The number of fused-ring (bicyclic) bond motifs is 2. The number of methoxy groups -OCH3 is 2. The third kappa shape index (κ3) is 6.33. The molecule has 0 aliphatic heterocycles. The number of hydrogen-bond donors (Lipinski definition) is 0. The molecular weight excluding hydrogens is 552 g/mol. The molecule has 6 nitrogen and oxygen atoms in total. The molecule has 0 spiro atoms. The molecule has 0 saturated carbocycles. The summed E-state index contributed by atoms with van der Waals surface area (Å²) in [7, 11) is 3.30. The fourth-order valence-corrected chi connectivity index (χ4v) is 6.15. The van der Waals surface area contributed by atoms with Gasteiger partial charge >= 0.3 is 0 Å². The summed E-state index contributed by atoms with van der Waals surface area (Å²) in [5.41, 5.74) is 10.2. The number of carbonyl (C=O) groups is 2. The van der Waals surface area contributed by atoms with Gasteiger partial charge in [-0.1, -0.05) is 36.4 Å². The van der Waals surface area contributed by atoms with Gasteiger partial charge in [0.2, 0.25) is 0 Å². The molecule has 0 amide bonds. The van der Waals surface area contributed by atoms with Gasteiger partial charge in [-0.05, 0) is 109 Å². The van der Waals surface area contributed by atoms with Crippen LogP contribution >= 0.6 is 0 Å². The molecule has 0 heterocycles. The van der Waals surface area contributed by atoms with Crippen molar-refractivity contribution in [2.45, 2.75) is 40.5 Å². The van der Waals surface area contributed by atoms with Crippen molar-refractivity contribution in [1.82, 2.24) is 0 Å². The fourth-order valence-electron chi connectivity index (χ4n) is 6.15. The van der Waals surface area contributed by atoms with Crippen molar-refractivity contribution < 1.29 is 28.5 Å². The predicted molar refractivity (Wildman–Crippen MR) is 172 cm³/mol. The highest BCUT2D eigenvalue weighted by Crippen LogP contribution is 2.36. The van der Waals surface area contributed by atoms with Crippen LogP contribution in [-0.4, -0.2) is 52.2 Å². The van der Waals surface area contributed by atoms with E-state index in [4.69, 9.17) is 18.9 Å². The predicted octanol–water partition coefficient (Wildman–Crippen LogP) is 6.93. The Balaban J connectivity index is 1.56. The van der Waals surface area contributed by atoms with Gasteiger partial charge in [0.05, 0.1) is 13.2 Å². The van der Waals surface area contributed by atoms with Gasteiger partial charge in [-0.25, -0.2) is 0 Å². The number of carbonyl (C=O) groups excluding carboxylic acids is 2. The maximum Gasteiger partial charge on any atom is 0.194 e. The minimum absolute atomic E-state index is 0.0998. The summed E-state index contributed by atoms with van der Waals surface area (Å²) in [5.74, 6) is 1.38. The summed E-state index contributed by atoms with van der Waals surface area (Å²) in [6.45, 7) is 10.2. The minimum Gasteiger partial charge on any atom is -0.491 e. The van der Waals surface area contributed by atoms with Crippen LogP contribution in [-0.2, 0) is 22.3 Å². The molecule has 0 N–H and O–H groups in total. The highest BCUT2D eigenvalue weighted by molar-refractivity contribution is 6.29. The molecule has 6 heteroatoms. The van der Waals surface area contributed by atoms with Gasteiger partial charge in [-0.15, -0.1) is 0 Å². The number of aryl methyl sites for hydroxylation is 4. The second-order valence-electron chi connectivity index (χ2n) is 11.4. The van der Waals surface area contributed by atoms with Crippen LogP contribution in [0.1, 0.15) is 76.4 Å². The molecule has 0 fully saturated rings. The molecule has 0 atom stereocenters.